The predicted molar refractivity (Wildman–Crippen MR) is 69.7 cm³/mol. The summed E-state index contributed by atoms with van der Waals surface area (Å²) in [4.78, 5) is 0. The van der Waals surface area contributed by atoms with Gasteiger partial charge in [-0.15, -0.1) is 0 Å². The molecule has 2 atom stereocenters. The summed E-state index contributed by atoms with van der Waals surface area (Å²) in [6.45, 7) is 3.88. The first kappa shape index (κ1) is 16.0. The van der Waals surface area contributed by atoms with Crippen molar-refractivity contribution in [2.24, 2.45) is 0 Å². The summed E-state index contributed by atoms with van der Waals surface area (Å²) < 4.78 is 27.0. The maximum atomic E-state index is 13.5. The molecule has 19 heavy (non-hydrogen) atoms. The van der Waals surface area contributed by atoms with E-state index >= 15 is 0 Å². The van der Waals surface area contributed by atoms with Gasteiger partial charge in [0.25, 0.3) is 0 Å². The second-order valence-corrected chi connectivity index (χ2v) is 4.92. The molecule has 0 radical (unpaired) electrons. The molecule has 0 fully saturated rings. The molecule has 0 saturated heterocycles. The molecule has 0 spiro atoms. The highest BCUT2D eigenvalue weighted by atomic mass is 19.1. The summed E-state index contributed by atoms with van der Waals surface area (Å²) in [7, 11) is 0. The van der Waals surface area contributed by atoms with Crippen molar-refractivity contribution in [3.05, 3.63) is 35.4 Å². The topological polar surface area (TPSA) is 52.5 Å². The Labute approximate surface area is 112 Å². The molecule has 1 aromatic rings. The van der Waals surface area contributed by atoms with Crippen molar-refractivity contribution >= 4 is 0 Å². The molecule has 0 heterocycles. The van der Waals surface area contributed by atoms with Crippen molar-refractivity contribution < 1.29 is 19.0 Å². The van der Waals surface area contributed by atoms with Gasteiger partial charge in [0.2, 0.25) is 0 Å². The number of rotatable bonds is 7. The average molecular weight is 273 g/mol. The summed E-state index contributed by atoms with van der Waals surface area (Å²) in [6, 6.07) is 3.50. The lowest BCUT2D eigenvalue weighted by Gasteiger charge is -2.30. The molecule has 0 aromatic heterocycles. The van der Waals surface area contributed by atoms with Crippen LogP contribution in [0.1, 0.15) is 38.4 Å². The van der Waals surface area contributed by atoms with Crippen LogP contribution in [0.3, 0.4) is 0 Å². The molecule has 1 aromatic carbocycles. The minimum absolute atomic E-state index is 0.0154. The zero-order valence-corrected chi connectivity index (χ0v) is 11.3. The zero-order chi connectivity index (χ0) is 14.5. The van der Waals surface area contributed by atoms with Crippen LogP contribution in [0.25, 0.3) is 0 Å². The predicted octanol–water partition coefficient (Wildman–Crippen LogP) is 2.14. The van der Waals surface area contributed by atoms with Gasteiger partial charge in [0, 0.05) is 18.7 Å². The Morgan fingerprint density at radius 3 is 2.37 bits per heavy atom. The fourth-order valence-corrected chi connectivity index (χ4v) is 1.91. The lowest BCUT2D eigenvalue weighted by atomic mass is 9.94. The smallest absolute Gasteiger partial charge is 0.131 e. The molecule has 0 bridgehead atoms. The monoisotopic (exact) mass is 273 g/mol. The van der Waals surface area contributed by atoms with Crippen LogP contribution in [0.15, 0.2) is 18.2 Å². The molecule has 1 rings (SSSR count). The Kier molecular flexibility index (Phi) is 5.85. The fraction of sp³-hybridized carbons (Fsp3) is 0.571. The molecule has 3 N–H and O–H groups in total. The standard InChI is InChI=1S/C14H21F2NO2/c1-3-14(2,7-8-18)17-9-12(19)13-10(15)5-4-6-11(13)16/h4-6,12,17-19H,3,7-9H2,1-2H3. The SMILES string of the molecule is CCC(C)(CCO)NCC(O)c1c(F)cccc1F. The minimum Gasteiger partial charge on any atom is -0.396 e. The van der Waals surface area contributed by atoms with E-state index in [2.05, 4.69) is 5.32 Å². The van der Waals surface area contributed by atoms with E-state index in [1.165, 1.54) is 6.07 Å². The van der Waals surface area contributed by atoms with E-state index in [0.29, 0.717) is 6.42 Å². The second-order valence-electron chi connectivity index (χ2n) is 4.92. The lowest BCUT2D eigenvalue weighted by Crippen LogP contribution is -2.44. The molecule has 0 aliphatic heterocycles. The van der Waals surface area contributed by atoms with Crippen molar-refractivity contribution in [1.29, 1.82) is 0 Å². The highest BCUT2D eigenvalue weighted by Crippen LogP contribution is 2.22. The van der Waals surface area contributed by atoms with E-state index in [-0.39, 0.29) is 24.3 Å². The normalized spacial score (nSPS) is 16.1. The number of β-amino-alcohol motifs (C(OH)–C–C–N with tert-alkyl or cyclic N) is 1. The number of hydrogen-bond donors (Lipinski definition) is 3. The number of aliphatic hydroxyl groups excluding tert-OH is 2. The molecule has 108 valence electrons. The molecule has 5 heteroatoms. The van der Waals surface area contributed by atoms with Crippen molar-refractivity contribution in [1.82, 2.24) is 5.32 Å². The third kappa shape index (κ3) is 4.23. The van der Waals surface area contributed by atoms with Crippen molar-refractivity contribution in [2.45, 2.75) is 38.3 Å². The summed E-state index contributed by atoms with van der Waals surface area (Å²) in [5.74, 6) is -1.51. The highest BCUT2D eigenvalue weighted by molar-refractivity contribution is 5.22. The summed E-state index contributed by atoms with van der Waals surface area (Å²) in [5, 5.41) is 21.9. The molecular weight excluding hydrogens is 252 g/mol. The van der Waals surface area contributed by atoms with Gasteiger partial charge >= 0.3 is 0 Å². The van der Waals surface area contributed by atoms with Crippen molar-refractivity contribution in [3.63, 3.8) is 0 Å². The van der Waals surface area contributed by atoms with Gasteiger partial charge in [0.1, 0.15) is 11.6 Å². The Morgan fingerprint density at radius 1 is 1.32 bits per heavy atom. The van der Waals surface area contributed by atoms with Gasteiger partial charge in [-0.25, -0.2) is 8.78 Å². The molecule has 2 unspecified atom stereocenters. The second kappa shape index (κ2) is 6.93. The molecular formula is C14H21F2NO2. The van der Waals surface area contributed by atoms with Crippen LogP contribution in [0.4, 0.5) is 8.78 Å². The minimum atomic E-state index is -1.26. The Morgan fingerprint density at radius 2 is 1.89 bits per heavy atom. The van der Waals surface area contributed by atoms with E-state index in [4.69, 9.17) is 5.11 Å². The first-order valence-electron chi connectivity index (χ1n) is 6.41. The van der Waals surface area contributed by atoms with Crippen molar-refractivity contribution in [2.75, 3.05) is 13.2 Å². The summed E-state index contributed by atoms with van der Waals surface area (Å²) in [6.07, 6.45) is -0.0125. The van der Waals surface area contributed by atoms with Crippen LogP contribution in [0.2, 0.25) is 0 Å². The van der Waals surface area contributed by atoms with Crippen LogP contribution >= 0.6 is 0 Å². The van der Waals surface area contributed by atoms with Gasteiger partial charge in [-0.05, 0) is 31.9 Å². The maximum Gasteiger partial charge on any atom is 0.131 e. The average Bonchev–Trinajstić information content (AvgIpc) is 2.36. The molecule has 0 amide bonds. The Hall–Kier alpha value is -1.04. The van der Waals surface area contributed by atoms with Gasteiger partial charge in [0.05, 0.1) is 11.7 Å². The number of benzene rings is 1. The summed E-state index contributed by atoms with van der Waals surface area (Å²) in [5.41, 5.74) is -0.685. The molecule has 0 saturated carbocycles. The zero-order valence-electron chi connectivity index (χ0n) is 11.3. The maximum absolute atomic E-state index is 13.5. The quantitative estimate of drug-likeness (QED) is 0.713. The van der Waals surface area contributed by atoms with Gasteiger partial charge in [-0.1, -0.05) is 13.0 Å². The Bertz CT molecular complexity index is 394. The first-order chi connectivity index (χ1) is 8.93. The first-order valence-corrected chi connectivity index (χ1v) is 6.41. The van der Waals surface area contributed by atoms with E-state index in [1.54, 1.807) is 0 Å². The Balaban J connectivity index is 2.72. The van der Waals surface area contributed by atoms with Crippen LogP contribution in [-0.2, 0) is 0 Å². The van der Waals surface area contributed by atoms with Crippen LogP contribution in [0.5, 0.6) is 0 Å². The number of hydrogen-bond acceptors (Lipinski definition) is 3. The fourth-order valence-electron chi connectivity index (χ4n) is 1.91. The van der Waals surface area contributed by atoms with Crippen LogP contribution < -0.4 is 5.32 Å². The number of nitrogens with one attached hydrogen (secondary N) is 1. The van der Waals surface area contributed by atoms with E-state index < -0.39 is 17.7 Å². The number of halogens is 2. The third-order valence-electron chi connectivity index (χ3n) is 3.50. The van der Waals surface area contributed by atoms with Gasteiger partial charge in [-0.2, -0.15) is 0 Å². The molecule has 0 aliphatic rings. The largest absolute Gasteiger partial charge is 0.396 e. The third-order valence-corrected chi connectivity index (χ3v) is 3.50. The van der Waals surface area contributed by atoms with Crippen LogP contribution in [0, 0.1) is 11.6 Å². The van der Waals surface area contributed by atoms with Gasteiger partial charge in [-0.3, -0.25) is 0 Å². The van der Waals surface area contributed by atoms with Gasteiger partial charge in [0.15, 0.2) is 0 Å². The summed E-state index contributed by atoms with van der Waals surface area (Å²) >= 11 is 0. The highest BCUT2D eigenvalue weighted by Gasteiger charge is 2.24. The van der Waals surface area contributed by atoms with Gasteiger partial charge < -0.3 is 15.5 Å². The van der Waals surface area contributed by atoms with E-state index in [0.717, 1.165) is 18.6 Å². The van der Waals surface area contributed by atoms with E-state index in [1.807, 2.05) is 13.8 Å². The molecule has 3 nitrogen and oxygen atoms in total. The number of aliphatic hydroxyl groups is 2. The van der Waals surface area contributed by atoms with Crippen LogP contribution in [-0.4, -0.2) is 28.9 Å². The molecule has 0 aliphatic carbocycles. The van der Waals surface area contributed by atoms with Crippen molar-refractivity contribution in [3.8, 4) is 0 Å². The lowest BCUT2D eigenvalue weighted by molar-refractivity contribution is 0.138. The van der Waals surface area contributed by atoms with E-state index in [9.17, 15) is 13.9 Å².